The van der Waals surface area contributed by atoms with Crippen molar-refractivity contribution in [2.45, 2.75) is 52.2 Å². The molecule has 0 N–H and O–H groups in total. The van der Waals surface area contributed by atoms with E-state index in [4.69, 9.17) is 4.74 Å². The third-order valence-corrected chi connectivity index (χ3v) is 6.02. The first kappa shape index (κ1) is 21.0. The third kappa shape index (κ3) is 3.67. The zero-order chi connectivity index (χ0) is 22.3. The Morgan fingerprint density at radius 1 is 0.903 bits per heavy atom. The number of esters is 1. The van der Waals surface area contributed by atoms with Crippen molar-refractivity contribution >= 4 is 23.6 Å². The maximum Gasteiger partial charge on any atom is 0.330 e. The van der Waals surface area contributed by atoms with Crippen molar-refractivity contribution in [1.82, 2.24) is 4.90 Å². The average molecular weight is 419 g/mol. The van der Waals surface area contributed by atoms with Gasteiger partial charge in [0.2, 0.25) is 5.78 Å². The quantitative estimate of drug-likeness (QED) is 0.406. The molecular weight excluding hydrogens is 394 g/mol. The molecule has 0 unspecified atom stereocenters. The maximum atomic E-state index is 13.0. The number of Topliss-reactive ketones (excluding diaryl/α,β-unsaturated/α-hetero) is 1. The van der Waals surface area contributed by atoms with E-state index in [1.54, 1.807) is 44.2 Å². The van der Waals surface area contributed by atoms with E-state index in [1.165, 1.54) is 12.5 Å². The number of rotatable bonds is 6. The number of carbonyl (C=O) groups is 4. The number of carbonyl (C=O) groups excluding carboxylic acids is 4. The lowest BCUT2D eigenvalue weighted by atomic mass is 10.0. The molecule has 0 saturated carbocycles. The molecule has 0 spiro atoms. The van der Waals surface area contributed by atoms with Crippen LogP contribution < -0.4 is 0 Å². The van der Waals surface area contributed by atoms with Crippen molar-refractivity contribution in [2.24, 2.45) is 5.92 Å². The fourth-order valence-corrected chi connectivity index (χ4v) is 4.39. The number of hydrogen-bond acceptors (Lipinski definition) is 5. The summed E-state index contributed by atoms with van der Waals surface area (Å²) in [7, 11) is 0. The fourth-order valence-electron chi connectivity index (χ4n) is 4.39. The van der Waals surface area contributed by atoms with E-state index < -0.39 is 29.9 Å². The topological polar surface area (TPSA) is 80.8 Å². The van der Waals surface area contributed by atoms with Crippen molar-refractivity contribution in [3.05, 3.63) is 70.3 Å². The van der Waals surface area contributed by atoms with Gasteiger partial charge < -0.3 is 4.74 Å². The largest absolute Gasteiger partial charge is 0.453 e. The summed E-state index contributed by atoms with van der Waals surface area (Å²) >= 11 is 0. The van der Waals surface area contributed by atoms with Gasteiger partial charge in [-0.15, -0.1) is 0 Å². The molecule has 0 aromatic heterocycles. The zero-order valence-electron chi connectivity index (χ0n) is 17.9. The van der Waals surface area contributed by atoms with Gasteiger partial charge in [-0.25, -0.2) is 4.79 Å². The number of hydrogen-bond donors (Lipinski definition) is 0. The molecule has 2 amide bonds. The number of ether oxygens (including phenoxy) is 1. The first-order chi connectivity index (χ1) is 14.8. The number of ketones is 1. The SMILES string of the molecule is CC(C)[C@H](C(=O)O[C@@H](C)C(=O)c1ccc2c(c1)CCC2)N1C(=O)c2ccccc2C1=O. The molecule has 1 aliphatic carbocycles. The maximum absolute atomic E-state index is 13.0. The molecule has 2 aromatic rings. The first-order valence-corrected chi connectivity index (χ1v) is 10.6. The summed E-state index contributed by atoms with van der Waals surface area (Å²) in [5.41, 5.74) is 3.46. The molecule has 1 aliphatic heterocycles. The van der Waals surface area contributed by atoms with Crippen molar-refractivity contribution in [2.75, 3.05) is 0 Å². The molecule has 2 aliphatic rings. The lowest BCUT2D eigenvalue weighted by Gasteiger charge is -2.28. The minimum Gasteiger partial charge on any atom is -0.453 e. The number of fused-ring (bicyclic) bond motifs is 2. The Kier molecular flexibility index (Phi) is 5.48. The first-order valence-electron chi connectivity index (χ1n) is 10.6. The molecule has 0 saturated heterocycles. The number of benzene rings is 2. The van der Waals surface area contributed by atoms with Gasteiger partial charge in [0, 0.05) is 5.56 Å². The fraction of sp³-hybridized carbons (Fsp3) is 0.360. The monoisotopic (exact) mass is 419 g/mol. The van der Waals surface area contributed by atoms with Crippen LogP contribution in [0.4, 0.5) is 0 Å². The number of imide groups is 1. The van der Waals surface area contributed by atoms with Crippen molar-refractivity contribution < 1.29 is 23.9 Å². The molecule has 6 nitrogen and oxygen atoms in total. The highest BCUT2D eigenvalue weighted by atomic mass is 16.5. The lowest BCUT2D eigenvalue weighted by molar-refractivity contribution is -0.152. The predicted octanol–water partition coefficient (Wildman–Crippen LogP) is 3.61. The molecule has 0 radical (unpaired) electrons. The Balaban J connectivity index is 1.52. The van der Waals surface area contributed by atoms with Gasteiger partial charge in [-0.1, -0.05) is 38.1 Å². The molecule has 6 heteroatoms. The minimum absolute atomic E-state index is 0.271. The molecule has 2 aromatic carbocycles. The summed E-state index contributed by atoms with van der Waals surface area (Å²) in [6.45, 7) is 5.00. The molecule has 1 heterocycles. The molecule has 4 rings (SSSR count). The van der Waals surface area contributed by atoms with Crippen LogP contribution >= 0.6 is 0 Å². The summed E-state index contributed by atoms with van der Waals surface area (Å²) < 4.78 is 5.48. The van der Waals surface area contributed by atoms with Crippen molar-refractivity contribution in [3.63, 3.8) is 0 Å². The summed E-state index contributed by atoms with van der Waals surface area (Å²) in [5.74, 6) is -2.47. The van der Waals surface area contributed by atoms with E-state index in [-0.39, 0.29) is 22.8 Å². The average Bonchev–Trinajstić information content (AvgIpc) is 3.31. The van der Waals surface area contributed by atoms with Gasteiger partial charge in [-0.2, -0.15) is 0 Å². The standard InChI is InChI=1S/C25H25NO5/c1-14(2)21(26-23(28)19-9-4-5-10-20(19)24(26)29)25(30)31-15(3)22(27)18-12-11-16-7-6-8-17(16)13-18/h4-5,9-15,21H,6-8H2,1-3H3/t15-,21+/m0/s1. The minimum atomic E-state index is -1.11. The highest BCUT2D eigenvalue weighted by Crippen LogP contribution is 2.28. The Morgan fingerprint density at radius 2 is 1.52 bits per heavy atom. The molecule has 160 valence electrons. The van der Waals surface area contributed by atoms with Crippen LogP contribution in [0.1, 0.15) is 69.4 Å². The van der Waals surface area contributed by atoms with Crippen LogP contribution in [-0.4, -0.2) is 40.6 Å². The number of nitrogens with zero attached hydrogens (tertiary/aromatic N) is 1. The van der Waals surface area contributed by atoms with E-state index in [0.717, 1.165) is 29.7 Å². The predicted molar refractivity (Wildman–Crippen MR) is 114 cm³/mol. The van der Waals surface area contributed by atoms with Crippen LogP contribution in [0.25, 0.3) is 0 Å². The molecule has 2 atom stereocenters. The van der Waals surface area contributed by atoms with E-state index in [2.05, 4.69) is 0 Å². The van der Waals surface area contributed by atoms with Crippen LogP contribution in [0, 0.1) is 5.92 Å². The summed E-state index contributed by atoms with van der Waals surface area (Å²) in [5, 5.41) is 0. The van der Waals surface area contributed by atoms with Crippen molar-refractivity contribution in [3.8, 4) is 0 Å². The van der Waals surface area contributed by atoms with Gasteiger partial charge in [0.25, 0.3) is 11.8 Å². The van der Waals surface area contributed by atoms with Crippen LogP contribution in [0.5, 0.6) is 0 Å². The highest BCUT2D eigenvalue weighted by Gasteiger charge is 2.45. The summed E-state index contributed by atoms with van der Waals surface area (Å²) in [6, 6.07) is 11.0. The Labute approximate surface area is 181 Å². The van der Waals surface area contributed by atoms with Crippen molar-refractivity contribution in [1.29, 1.82) is 0 Å². The number of amides is 2. The second-order valence-corrected chi connectivity index (χ2v) is 8.50. The molecule has 31 heavy (non-hydrogen) atoms. The molecule has 0 fully saturated rings. The van der Waals surface area contributed by atoms with Crippen LogP contribution in [0.3, 0.4) is 0 Å². The smallest absolute Gasteiger partial charge is 0.330 e. The van der Waals surface area contributed by atoms with E-state index in [1.807, 2.05) is 12.1 Å². The van der Waals surface area contributed by atoms with Gasteiger partial charge >= 0.3 is 5.97 Å². The van der Waals surface area contributed by atoms with Crippen LogP contribution in [-0.2, 0) is 22.4 Å². The molecule has 0 bridgehead atoms. The van der Waals surface area contributed by atoms with Gasteiger partial charge in [-0.3, -0.25) is 19.3 Å². The summed E-state index contributed by atoms with van der Waals surface area (Å²) in [6.07, 6.45) is 2.02. The second-order valence-electron chi connectivity index (χ2n) is 8.50. The van der Waals surface area contributed by atoms with Gasteiger partial charge in [-0.05, 0) is 61.4 Å². The lowest BCUT2D eigenvalue weighted by Crippen LogP contribution is -2.49. The Hall–Kier alpha value is -3.28. The zero-order valence-corrected chi connectivity index (χ0v) is 17.9. The second kappa shape index (κ2) is 8.10. The van der Waals surface area contributed by atoms with E-state index in [0.29, 0.717) is 5.56 Å². The highest BCUT2D eigenvalue weighted by molar-refractivity contribution is 6.22. The Morgan fingerprint density at radius 3 is 2.13 bits per heavy atom. The summed E-state index contributed by atoms with van der Waals surface area (Å²) in [4.78, 5) is 52.5. The van der Waals surface area contributed by atoms with E-state index >= 15 is 0 Å². The third-order valence-electron chi connectivity index (χ3n) is 6.02. The van der Waals surface area contributed by atoms with Gasteiger partial charge in [0.1, 0.15) is 6.04 Å². The van der Waals surface area contributed by atoms with Crippen LogP contribution in [0.15, 0.2) is 42.5 Å². The van der Waals surface area contributed by atoms with E-state index in [9.17, 15) is 19.2 Å². The van der Waals surface area contributed by atoms with Gasteiger partial charge in [0.05, 0.1) is 11.1 Å². The van der Waals surface area contributed by atoms with Crippen LogP contribution in [0.2, 0.25) is 0 Å². The normalized spacial score (nSPS) is 16.8. The molecular formula is C25H25NO5. The Bertz CT molecular complexity index is 1050. The number of aryl methyl sites for hydroxylation is 2. The van der Waals surface area contributed by atoms with Gasteiger partial charge in [0.15, 0.2) is 6.10 Å².